The molecule has 0 spiro atoms. The first-order valence-corrected chi connectivity index (χ1v) is 13.6. The van der Waals surface area contributed by atoms with Crippen LogP contribution in [0.5, 0.6) is 0 Å². The zero-order valence-electron chi connectivity index (χ0n) is 20.8. The quantitative estimate of drug-likeness (QED) is 0.347. The van der Waals surface area contributed by atoms with Crippen LogP contribution < -0.4 is 10.5 Å². The summed E-state index contributed by atoms with van der Waals surface area (Å²) >= 11 is 6.71. The lowest BCUT2D eigenvalue weighted by Crippen LogP contribution is -2.37. The number of amides is 1. The van der Waals surface area contributed by atoms with Crippen LogP contribution >= 0.6 is 24.0 Å². The monoisotopic (exact) mass is 518 g/mol. The first-order chi connectivity index (χ1) is 17.3. The highest BCUT2D eigenvalue weighted by molar-refractivity contribution is 8.26. The number of rotatable bonds is 5. The minimum absolute atomic E-state index is 0.0370. The molecule has 5 rings (SSSR count). The zero-order chi connectivity index (χ0) is 25.4. The SMILES string of the molecule is Cc1ccc2nc(N3CCC(Cc4ccccc4)CC3)c(/C=C3\SC(=S)N(C(C)C)C3=O)c(=O)n2c1. The lowest BCUT2D eigenvalue weighted by atomic mass is 9.90. The first kappa shape index (κ1) is 24.7. The number of carbonyl (C=O) groups excluding carboxylic acids is 1. The summed E-state index contributed by atoms with van der Waals surface area (Å²) in [5.74, 6) is 1.09. The van der Waals surface area contributed by atoms with Crippen molar-refractivity contribution in [1.82, 2.24) is 14.3 Å². The maximum absolute atomic E-state index is 13.7. The lowest BCUT2D eigenvalue weighted by molar-refractivity contribution is -0.123. The number of anilines is 1. The van der Waals surface area contributed by atoms with Crippen molar-refractivity contribution < 1.29 is 4.79 Å². The summed E-state index contributed by atoms with van der Waals surface area (Å²) in [5, 5.41) is 0. The van der Waals surface area contributed by atoms with Crippen molar-refractivity contribution in [3.63, 3.8) is 0 Å². The summed E-state index contributed by atoms with van der Waals surface area (Å²) in [4.78, 5) is 36.0. The van der Waals surface area contributed by atoms with Gasteiger partial charge in [0.25, 0.3) is 11.5 Å². The highest BCUT2D eigenvalue weighted by Crippen LogP contribution is 2.35. The van der Waals surface area contributed by atoms with Crippen LogP contribution in [-0.4, -0.2) is 43.6 Å². The third-order valence-electron chi connectivity index (χ3n) is 6.88. The minimum Gasteiger partial charge on any atom is -0.356 e. The summed E-state index contributed by atoms with van der Waals surface area (Å²) in [7, 11) is 0. The Morgan fingerprint density at radius 2 is 1.83 bits per heavy atom. The third kappa shape index (κ3) is 4.84. The van der Waals surface area contributed by atoms with Crippen LogP contribution in [0.1, 0.15) is 43.4 Å². The van der Waals surface area contributed by atoms with Gasteiger partial charge in [-0.25, -0.2) is 4.98 Å². The predicted molar refractivity (Wildman–Crippen MR) is 151 cm³/mol. The van der Waals surface area contributed by atoms with E-state index in [-0.39, 0.29) is 17.5 Å². The van der Waals surface area contributed by atoms with Crippen LogP contribution in [0, 0.1) is 12.8 Å². The Bertz CT molecular complexity index is 1410. The molecule has 2 aliphatic rings. The van der Waals surface area contributed by atoms with Gasteiger partial charge in [0.2, 0.25) is 0 Å². The van der Waals surface area contributed by atoms with E-state index in [9.17, 15) is 9.59 Å². The number of hydrogen-bond acceptors (Lipinski definition) is 6. The van der Waals surface area contributed by atoms with Crippen molar-refractivity contribution in [2.24, 2.45) is 5.92 Å². The normalized spacial score (nSPS) is 18.3. The van der Waals surface area contributed by atoms with E-state index in [0.29, 0.717) is 32.2 Å². The number of nitrogens with zero attached hydrogens (tertiary/aromatic N) is 4. The number of hydrogen-bond donors (Lipinski definition) is 0. The van der Waals surface area contributed by atoms with Gasteiger partial charge in [-0.05, 0) is 69.2 Å². The van der Waals surface area contributed by atoms with Crippen LogP contribution in [0.4, 0.5) is 5.82 Å². The number of pyridine rings is 1. The molecule has 3 aromatic rings. The van der Waals surface area contributed by atoms with Crippen LogP contribution in [0.25, 0.3) is 11.7 Å². The molecule has 0 radical (unpaired) electrons. The number of piperidine rings is 1. The molecular weight excluding hydrogens is 488 g/mol. The molecule has 1 amide bonds. The van der Waals surface area contributed by atoms with Crippen molar-refractivity contribution in [1.29, 1.82) is 0 Å². The molecule has 1 aromatic carbocycles. The number of benzene rings is 1. The molecule has 2 aromatic heterocycles. The van der Waals surface area contributed by atoms with Gasteiger partial charge in [-0.3, -0.25) is 18.9 Å². The molecule has 186 valence electrons. The summed E-state index contributed by atoms with van der Waals surface area (Å²) in [6, 6.07) is 14.4. The average molecular weight is 519 g/mol. The number of aromatic nitrogens is 2. The van der Waals surface area contributed by atoms with E-state index in [1.54, 1.807) is 21.6 Å². The van der Waals surface area contributed by atoms with Crippen LogP contribution in [0.15, 0.2) is 58.4 Å². The van der Waals surface area contributed by atoms with Crippen LogP contribution in [0.2, 0.25) is 0 Å². The number of fused-ring (bicyclic) bond motifs is 1. The van der Waals surface area contributed by atoms with Crippen molar-refractivity contribution in [2.75, 3.05) is 18.0 Å². The molecule has 0 N–H and O–H groups in total. The Labute approximate surface area is 221 Å². The van der Waals surface area contributed by atoms with Crippen LogP contribution in [0.3, 0.4) is 0 Å². The van der Waals surface area contributed by atoms with Crippen molar-refractivity contribution in [2.45, 2.75) is 46.1 Å². The smallest absolute Gasteiger partial charge is 0.267 e. The second kappa shape index (κ2) is 10.2. The second-order valence-corrected chi connectivity index (χ2v) is 11.5. The zero-order valence-corrected chi connectivity index (χ0v) is 22.4. The highest BCUT2D eigenvalue weighted by Gasteiger charge is 2.34. The second-order valence-electron chi connectivity index (χ2n) is 9.85. The Kier molecular flexibility index (Phi) is 6.99. The molecule has 6 nitrogen and oxygen atoms in total. The predicted octanol–water partition coefficient (Wildman–Crippen LogP) is 5.07. The molecule has 0 atom stereocenters. The van der Waals surface area contributed by atoms with Gasteiger partial charge < -0.3 is 4.90 Å². The molecule has 2 saturated heterocycles. The molecule has 2 aliphatic heterocycles. The number of aryl methyl sites for hydroxylation is 1. The fourth-order valence-corrected chi connectivity index (χ4v) is 6.47. The van der Waals surface area contributed by atoms with Gasteiger partial charge in [0.15, 0.2) is 0 Å². The number of carbonyl (C=O) groups is 1. The molecule has 0 saturated carbocycles. The highest BCUT2D eigenvalue weighted by atomic mass is 32.2. The largest absolute Gasteiger partial charge is 0.356 e. The summed E-state index contributed by atoms with van der Waals surface area (Å²) in [6.45, 7) is 7.46. The van der Waals surface area contributed by atoms with Gasteiger partial charge in [0.1, 0.15) is 15.8 Å². The van der Waals surface area contributed by atoms with E-state index in [1.165, 1.54) is 17.3 Å². The topological polar surface area (TPSA) is 57.9 Å². The van der Waals surface area contributed by atoms with Gasteiger partial charge in [-0.2, -0.15) is 0 Å². The van der Waals surface area contributed by atoms with Gasteiger partial charge in [0.05, 0.1) is 10.5 Å². The maximum Gasteiger partial charge on any atom is 0.267 e. The summed E-state index contributed by atoms with van der Waals surface area (Å²) in [5.41, 5.74) is 3.22. The minimum atomic E-state index is -0.167. The van der Waals surface area contributed by atoms with E-state index in [1.807, 2.05) is 39.0 Å². The number of thiocarbonyl (C=S) groups is 1. The summed E-state index contributed by atoms with van der Waals surface area (Å²) in [6.07, 6.45) is 6.62. The molecular formula is C28H30N4O2S2. The molecule has 2 fully saturated rings. The average Bonchev–Trinajstić information content (AvgIpc) is 3.15. The lowest BCUT2D eigenvalue weighted by Gasteiger charge is -2.33. The molecule has 0 bridgehead atoms. The van der Waals surface area contributed by atoms with E-state index in [4.69, 9.17) is 17.2 Å². The first-order valence-electron chi connectivity index (χ1n) is 12.4. The van der Waals surface area contributed by atoms with Gasteiger partial charge in [-0.1, -0.05) is 60.4 Å². The number of thioether (sulfide) groups is 1. The molecule has 0 aliphatic carbocycles. The third-order valence-corrected chi connectivity index (χ3v) is 8.21. The fraction of sp³-hybridized carbons (Fsp3) is 0.357. The Morgan fingerprint density at radius 1 is 1.11 bits per heavy atom. The molecule has 4 heterocycles. The molecule has 0 unspecified atom stereocenters. The van der Waals surface area contributed by atoms with Crippen LogP contribution in [-0.2, 0) is 11.2 Å². The van der Waals surface area contributed by atoms with Gasteiger partial charge in [0, 0.05) is 25.3 Å². The Hall–Kier alpha value is -2.97. The van der Waals surface area contributed by atoms with E-state index in [0.717, 1.165) is 37.9 Å². The van der Waals surface area contributed by atoms with Gasteiger partial charge >= 0.3 is 0 Å². The molecule has 36 heavy (non-hydrogen) atoms. The van der Waals surface area contributed by atoms with Crippen molar-refractivity contribution in [3.05, 3.63) is 80.6 Å². The fourth-order valence-electron chi connectivity index (χ4n) is 4.97. The standard InChI is InChI=1S/C28H30N4O2S2/c1-18(2)32-27(34)23(36-28(32)35)16-22-25(29-24-10-9-19(3)17-31(24)26(22)33)30-13-11-21(12-14-30)15-20-7-5-4-6-8-20/h4-10,16-18,21H,11-15H2,1-3H3/b23-16-. The van der Waals surface area contributed by atoms with Crippen molar-refractivity contribution in [3.8, 4) is 0 Å². The van der Waals surface area contributed by atoms with E-state index in [2.05, 4.69) is 29.2 Å². The maximum atomic E-state index is 13.7. The summed E-state index contributed by atoms with van der Waals surface area (Å²) < 4.78 is 2.10. The van der Waals surface area contributed by atoms with E-state index < -0.39 is 0 Å². The van der Waals surface area contributed by atoms with Gasteiger partial charge in [-0.15, -0.1) is 0 Å². The van der Waals surface area contributed by atoms with Crippen molar-refractivity contribution >= 4 is 51.7 Å². The Morgan fingerprint density at radius 3 is 2.50 bits per heavy atom. The molecule has 8 heteroatoms. The Balaban J connectivity index is 1.50. The van der Waals surface area contributed by atoms with E-state index >= 15 is 0 Å².